The normalized spacial score (nSPS) is 11.5. The van der Waals surface area contributed by atoms with Crippen LogP contribution in [0.4, 0.5) is 4.79 Å². The van der Waals surface area contributed by atoms with Gasteiger partial charge in [0.25, 0.3) is 0 Å². The SMILES string of the molecule is CCCN(CCNCc1cnn(CC)c1)C(=O)OC(C)(C)C. The predicted octanol–water partition coefficient (Wildman–Crippen LogP) is 2.64. The highest BCUT2D eigenvalue weighted by Crippen LogP contribution is 2.10. The molecule has 6 heteroatoms. The molecule has 0 aliphatic carbocycles. The molecule has 0 aliphatic rings. The molecule has 0 saturated heterocycles. The van der Waals surface area contributed by atoms with Crippen LogP contribution in [0.1, 0.15) is 46.6 Å². The molecule has 0 unspecified atom stereocenters. The van der Waals surface area contributed by atoms with Gasteiger partial charge < -0.3 is 15.0 Å². The van der Waals surface area contributed by atoms with Gasteiger partial charge in [-0.1, -0.05) is 6.92 Å². The van der Waals surface area contributed by atoms with Crippen molar-refractivity contribution in [3.8, 4) is 0 Å². The molecule has 0 aliphatic heterocycles. The van der Waals surface area contributed by atoms with E-state index in [1.54, 1.807) is 4.90 Å². The lowest BCUT2D eigenvalue weighted by Gasteiger charge is -2.27. The highest BCUT2D eigenvalue weighted by Gasteiger charge is 2.21. The summed E-state index contributed by atoms with van der Waals surface area (Å²) in [6.07, 6.45) is 4.58. The van der Waals surface area contributed by atoms with Gasteiger partial charge in [-0.05, 0) is 34.1 Å². The van der Waals surface area contributed by atoms with Gasteiger partial charge in [-0.25, -0.2) is 4.79 Å². The van der Waals surface area contributed by atoms with Crippen LogP contribution in [0.2, 0.25) is 0 Å². The average Bonchev–Trinajstić information content (AvgIpc) is 2.88. The molecule has 6 nitrogen and oxygen atoms in total. The number of carbonyl (C=O) groups is 1. The number of hydrogen-bond donors (Lipinski definition) is 1. The summed E-state index contributed by atoms with van der Waals surface area (Å²) in [5, 5.41) is 7.58. The van der Waals surface area contributed by atoms with Crippen molar-refractivity contribution < 1.29 is 9.53 Å². The summed E-state index contributed by atoms with van der Waals surface area (Å²) in [5.41, 5.74) is 0.701. The number of hydrogen-bond acceptors (Lipinski definition) is 4. The molecule has 1 rings (SSSR count). The van der Waals surface area contributed by atoms with Crippen LogP contribution in [0.25, 0.3) is 0 Å². The topological polar surface area (TPSA) is 59.4 Å². The van der Waals surface area contributed by atoms with Crippen LogP contribution in [-0.4, -0.2) is 46.0 Å². The third-order valence-electron chi connectivity index (χ3n) is 3.04. The first-order chi connectivity index (χ1) is 10.4. The molecule has 0 fully saturated rings. The van der Waals surface area contributed by atoms with Crippen molar-refractivity contribution in [1.29, 1.82) is 0 Å². The fraction of sp³-hybridized carbons (Fsp3) is 0.750. The van der Waals surface area contributed by atoms with Gasteiger partial charge in [-0.15, -0.1) is 0 Å². The zero-order valence-electron chi connectivity index (χ0n) is 14.6. The number of aryl methyl sites for hydroxylation is 1. The Morgan fingerprint density at radius 2 is 2.09 bits per heavy atom. The molecule has 1 heterocycles. The lowest BCUT2D eigenvalue weighted by atomic mass is 10.2. The Kier molecular flexibility index (Phi) is 7.38. The van der Waals surface area contributed by atoms with E-state index in [4.69, 9.17) is 4.74 Å². The number of amides is 1. The molecule has 0 saturated carbocycles. The maximum Gasteiger partial charge on any atom is 0.410 e. The van der Waals surface area contributed by atoms with Crippen LogP contribution >= 0.6 is 0 Å². The van der Waals surface area contributed by atoms with Crippen LogP contribution in [-0.2, 0) is 17.8 Å². The second-order valence-corrected chi connectivity index (χ2v) is 6.35. The number of rotatable bonds is 8. The molecule has 0 radical (unpaired) electrons. The highest BCUT2D eigenvalue weighted by molar-refractivity contribution is 5.68. The van der Waals surface area contributed by atoms with Gasteiger partial charge >= 0.3 is 6.09 Å². The van der Waals surface area contributed by atoms with Crippen molar-refractivity contribution in [3.63, 3.8) is 0 Å². The van der Waals surface area contributed by atoms with Crippen LogP contribution in [0, 0.1) is 0 Å². The van der Waals surface area contributed by atoms with Crippen molar-refractivity contribution in [2.24, 2.45) is 0 Å². The largest absolute Gasteiger partial charge is 0.444 e. The van der Waals surface area contributed by atoms with E-state index < -0.39 is 5.60 Å². The predicted molar refractivity (Wildman–Crippen MR) is 87.7 cm³/mol. The summed E-state index contributed by atoms with van der Waals surface area (Å²) in [6.45, 7) is 13.5. The van der Waals surface area contributed by atoms with Crippen molar-refractivity contribution in [2.75, 3.05) is 19.6 Å². The summed E-state index contributed by atoms with van der Waals surface area (Å²) in [4.78, 5) is 13.9. The number of nitrogens with one attached hydrogen (secondary N) is 1. The summed E-state index contributed by atoms with van der Waals surface area (Å²) >= 11 is 0. The fourth-order valence-electron chi connectivity index (χ4n) is 2.01. The third kappa shape index (κ3) is 6.93. The Balaban J connectivity index is 2.36. The molecular weight excluding hydrogens is 280 g/mol. The maximum atomic E-state index is 12.1. The quantitative estimate of drug-likeness (QED) is 0.750. The Morgan fingerprint density at radius 1 is 1.36 bits per heavy atom. The van der Waals surface area contributed by atoms with Crippen LogP contribution in [0.15, 0.2) is 12.4 Å². The number of ether oxygens (including phenoxy) is 1. The monoisotopic (exact) mass is 310 g/mol. The highest BCUT2D eigenvalue weighted by atomic mass is 16.6. The van der Waals surface area contributed by atoms with Gasteiger partial charge in [-0.2, -0.15) is 5.10 Å². The molecule has 0 bridgehead atoms. The summed E-state index contributed by atoms with van der Waals surface area (Å²) in [5.74, 6) is 0. The van der Waals surface area contributed by atoms with Crippen molar-refractivity contribution >= 4 is 6.09 Å². The first-order valence-electron chi connectivity index (χ1n) is 8.05. The second kappa shape index (κ2) is 8.78. The summed E-state index contributed by atoms with van der Waals surface area (Å²) < 4.78 is 7.34. The van der Waals surface area contributed by atoms with E-state index in [0.29, 0.717) is 13.1 Å². The number of nitrogens with zero attached hydrogens (tertiary/aromatic N) is 3. The Morgan fingerprint density at radius 3 is 2.64 bits per heavy atom. The second-order valence-electron chi connectivity index (χ2n) is 6.35. The van der Waals surface area contributed by atoms with Gasteiger partial charge in [0.15, 0.2) is 0 Å². The molecule has 126 valence electrons. The van der Waals surface area contributed by atoms with Gasteiger partial charge in [-0.3, -0.25) is 4.68 Å². The standard InChI is InChI=1S/C16H30N4O2/c1-6-9-19(15(21)22-16(3,4)5)10-8-17-11-14-12-18-20(7-2)13-14/h12-13,17H,6-11H2,1-5H3. The molecule has 1 aromatic rings. The van der Waals surface area contributed by atoms with Crippen molar-refractivity contribution in [3.05, 3.63) is 18.0 Å². The zero-order valence-corrected chi connectivity index (χ0v) is 14.6. The summed E-state index contributed by atoms with van der Waals surface area (Å²) in [6, 6.07) is 0. The fourth-order valence-corrected chi connectivity index (χ4v) is 2.01. The molecular formula is C16H30N4O2. The van der Waals surface area contributed by atoms with Gasteiger partial charge in [0.2, 0.25) is 0 Å². The van der Waals surface area contributed by atoms with Gasteiger partial charge in [0.1, 0.15) is 5.60 Å². The van der Waals surface area contributed by atoms with E-state index in [1.165, 1.54) is 0 Å². The number of carbonyl (C=O) groups excluding carboxylic acids is 1. The molecule has 1 aromatic heterocycles. The van der Waals surface area contributed by atoms with Gasteiger partial charge in [0.05, 0.1) is 6.20 Å². The molecule has 1 N–H and O–H groups in total. The first-order valence-corrected chi connectivity index (χ1v) is 8.05. The Bertz CT molecular complexity index is 451. The van der Waals surface area contributed by atoms with Crippen molar-refractivity contribution in [1.82, 2.24) is 20.0 Å². The lowest BCUT2D eigenvalue weighted by Crippen LogP contribution is -2.40. The van der Waals surface area contributed by atoms with E-state index in [0.717, 1.165) is 31.6 Å². The molecule has 0 aromatic carbocycles. The Labute approximate surface area is 133 Å². The van der Waals surface area contributed by atoms with Crippen LogP contribution < -0.4 is 5.32 Å². The van der Waals surface area contributed by atoms with E-state index in [1.807, 2.05) is 37.8 Å². The van der Waals surface area contributed by atoms with E-state index >= 15 is 0 Å². The molecule has 0 atom stereocenters. The first kappa shape index (κ1) is 18.5. The zero-order chi connectivity index (χ0) is 16.6. The smallest absolute Gasteiger partial charge is 0.410 e. The van der Waals surface area contributed by atoms with Crippen molar-refractivity contribution in [2.45, 2.75) is 59.7 Å². The van der Waals surface area contributed by atoms with E-state index in [2.05, 4.69) is 24.3 Å². The van der Waals surface area contributed by atoms with Crippen LogP contribution in [0.5, 0.6) is 0 Å². The average molecular weight is 310 g/mol. The minimum atomic E-state index is -0.453. The lowest BCUT2D eigenvalue weighted by molar-refractivity contribution is 0.0252. The van der Waals surface area contributed by atoms with E-state index in [-0.39, 0.29) is 6.09 Å². The van der Waals surface area contributed by atoms with E-state index in [9.17, 15) is 4.79 Å². The summed E-state index contributed by atoms with van der Waals surface area (Å²) in [7, 11) is 0. The number of aromatic nitrogens is 2. The minimum absolute atomic E-state index is 0.241. The van der Waals surface area contributed by atoms with Crippen LogP contribution in [0.3, 0.4) is 0 Å². The van der Waals surface area contributed by atoms with Gasteiger partial charge in [0, 0.05) is 44.5 Å². The minimum Gasteiger partial charge on any atom is -0.444 e. The maximum absolute atomic E-state index is 12.1. The molecule has 0 spiro atoms. The molecule has 22 heavy (non-hydrogen) atoms. The third-order valence-corrected chi connectivity index (χ3v) is 3.04. The Hall–Kier alpha value is -1.56. The molecule has 1 amide bonds.